The lowest BCUT2D eigenvalue weighted by Crippen LogP contribution is -2.37. The highest BCUT2D eigenvalue weighted by molar-refractivity contribution is 5.73. The molecule has 1 fully saturated rings. The molecule has 1 saturated carbocycles. The number of nitrogens with two attached hydrogens (primary N) is 1. The van der Waals surface area contributed by atoms with E-state index in [9.17, 15) is 9.90 Å². The monoisotopic (exact) mass is 172 g/mol. The summed E-state index contributed by atoms with van der Waals surface area (Å²) in [6.07, 6.45) is 3.05. The molecule has 70 valence electrons. The van der Waals surface area contributed by atoms with Gasteiger partial charge in [-0.25, -0.2) is 0 Å². The molecule has 4 heteroatoms. The number of hydrogen-bond donors (Lipinski definition) is 3. The van der Waals surface area contributed by atoms with Gasteiger partial charge in [-0.05, 0) is 19.3 Å². The van der Waals surface area contributed by atoms with E-state index in [1.54, 1.807) is 0 Å². The molecule has 0 saturated heterocycles. The number of aliphatic hydroxyl groups is 1. The number of nitrogens with one attached hydrogen (secondary N) is 1. The van der Waals surface area contributed by atoms with Crippen LogP contribution in [-0.4, -0.2) is 29.7 Å². The Bertz CT molecular complexity index is 161. The van der Waals surface area contributed by atoms with Crippen LogP contribution in [0, 0.1) is 0 Å². The Morgan fingerprint density at radius 2 is 2.33 bits per heavy atom. The van der Waals surface area contributed by atoms with Gasteiger partial charge < -0.3 is 16.2 Å². The molecule has 2 atom stereocenters. The van der Waals surface area contributed by atoms with E-state index in [1.807, 2.05) is 0 Å². The van der Waals surface area contributed by atoms with E-state index < -0.39 is 0 Å². The molecular formula is C8H16N2O2. The molecule has 1 amide bonds. The summed E-state index contributed by atoms with van der Waals surface area (Å²) in [5.41, 5.74) is 4.97. The molecule has 0 heterocycles. The smallest absolute Gasteiger partial charge is 0.218 e. The van der Waals surface area contributed by atoms with Gasteiger partial charge in [0.1, 0.15) is 0 Å². The van der Waals surface area contributed by atoms with Gasteiger partial charge in [-0.2, -0.15) is 0 Å². The molecule has 0 unspecified atom stereocenters. The van der Waals surface area contributed by atoms with E-state index in [2.05, 4.69) is 5.32 Å². The van der Waals surface area contributed by atoms with Gasteiger partial charge in [0.05, 0.1) is 6.10 Å². The van der Waals surface area contributed by atoms with Crippen LogP contribution in [0.15, 0.2) is 0 Å². The van der Waals surface area contributed by atoms with E-state index >= 15 is 0 Å². The zero-order valence-corrected chi connectivity index (χ0v) is 7.12. The van der Waals surface area contributed by atoms with Crippen LogP contribution < -0.4 is 11.1 Å². The minimum Gasteiger partial charge on any atom is -0.392 e. The molecular weight excluding hydrogens is 156 g/mol. The normalized spacial score (nSPS) is 29.1. The Balaban J connectivity index is 2.10. The standard InChI is InChI=1S/C8H16N2O2/c9-8(12)4-5-10-6-2-1-3-7(6)11/h6-7,10-11H,1-5H2,(H2,9,12)/t6-,7-/m1/s1. The van der Waals surface area contributed by atoms with E-state index in [-0.39, 0.29) is 18.1 Å². The SMILES string of the molecule is NC(=O)CCN[C@@H]1CCC[C@H]1O. The fourth-order valence-corrected chi connectivity index (χ4v) is 1.56. The lowest BCUT2D eigenvalue weighted by Gasteiger charge is -2.15. The van der Waals surface area contributed by atoms with Crippen LogP contribution in [0.4, 0.5) is 0 Å². The van der Waals surface area contributed by atoms with E-state index in [4.69, 9.17) is 5.73 Å². The van der Waals surface area contributed by atoms with Crippen molar-refractivity contribution in [3.63, 3.8) is 0 Å². The van der Waals surface area contributed by atoms with Gasteiger partial charge >= 0.3 is 0 Å². The predicted octanol–water partition coefficient (Wildman–Crippen LogP) is -0.635. The summed E-state index contributed by atoms with van der Waals surface area (Å²) in [7, 11) is 0. The Morgan fingerprint density at radius 1 is 1.58 bits per heavy atom. The third-order valence-electron chi connectivity index (χ3n) is 2.26. The van der Waals surface area contributed by atoms with Gasteiger partial charge in [0.25, 0.3) is 0 Å². The topological polar surface area (TPSA) is 75.4 Å². The molecule has 0 spiro atoms. The van der Waals surface area contributed by atoms with Crippen molar-refractivity contribution in [2.75, 3.05) is 6.54 Å². The lowest BCUT2D eigenvalue weighted by molar-refractivity contribution is -0.117. The molecule has 1 aliphatic carbocycles. The second-order valence-corrected chi connectivity index (χ2v) is 3.28. The summed E-state index contributed by atoms with van der Waals surface area (Å²) in [6.45, 7) is 0.580. The first-order valence-corrected chi connectivity index (χ1v) is 4.40. The van der Waals surface area contributed by atoms with Crippen LogP contribution in [-0.2, 0) is 4.79 Å². The summed E-state index contributed by atoms with van der Waals surface area (Å²) in [4.78, 5) is 10.4. The molecule has 0 aliphatic heterocycles. The molecule has 1 aliphatic rings. The molecule has 0 aromatic rings. The fraction of sp³-hybridized carbons (Fsp3) is 0.875. The zero-order valence-electron chi connectivity index (χ0n) is 7.12. The van der Waals surface area contributed by atoms with Gasteiger partial charge in [-0.1, -0.05) is 0 Å². The van der Waals surface area contributed by atoms with Crippen molar-refractivity contribution in [2.24, 2.45) is 5.73 Å². The van der Waals surface area contributed by atoms with Gasteiger partial charge in [0, 0.05) is 19.0 Å². The van der Waals surface area contributed by atoms with Crippen molar-refractivity contribution in [3.8, 4) is 0 Å². The highest BCUT2D eigenvalue weighted by Crippen LogP contribution is 2.18. The van der Waals surface area contributed by atoms with Gasteiger partial charge in [0.15, 0.2) is 0 Å². The molecule has 1 rings (SSSR count). The zero-order chi connectivity index (χ0) is 8.97. The van der Waals surface area contributed by atoms with Crippen molar-refractivity contribution in [2.45, 2.75) is 37.8 Å². The number of primary amides is 1. The summed E-state index contributed by atoms with van der Waals surface area (Å²) in [6, 6.07) is 0.171. The molecule has 0 radical (unpaired) electrons. The molecule has 4 N–H and O–H groups in total. The summed E-state index contributed by atoms with van der Waals surface area (Å²) >= 11 is 0. The van der Waals surface area contributed by atoms with E-state index in [0.29, 0.717) is 13.0 Å². The molecule has 0 aromatic heterocycles. The Kier molecular flexibility index (Phi) is 3.49. The summed E-state index contributed by atoms with van der Waals surface area (Å²) in [5.74, 6) is -0.296. The molecule has 4 nitrogen and oxygen atoms in total. The Labute approximate surface area is 72.1 Å². The number of aliphatic hydroxyl groups excluding tert-OH is 1. The third-order valence-corrected chi connectivity index (χ3v) is 2.26. The molecule has 0 aromatic carbocycles. The van der Waals surface area contributed by atoms with Crippen LogP contribution >= 0.6 is 0 Å². The van der Waals surface area contributed by atoms with E-state index in [1.165, 1.54) is 0 Å². The quantitative estimate of drug-likeness (QED) is 0.528. The van der Waals surface area contributed by atoms with Crippen molar-refractivity contribution in [3.05, 3.63) is 0 Å². The first kappa shape index (κ1) is 9.48. The Hall–Kier alpha value is -0.610. The number of rotatable bonds is 4. The van der Waals surface area contributed by atoms with Crippen molar-refractivity contribution in [1.29, 1.82) is 0 Å². The average molecular weight is 172 g/mol. The van der Waals surface area contributed by atoms with Crippen LogP contribution in [0.5, 0.6) is 0 Å². The molecule has 0 bridgehead atoms. The third kappa shape index (κ3) is 2.79. The van der Waals surface area contributed by atoms with Crippen molar-refractivity contribution >= 4 is 5.91 Å². The van der Waals surface area contributed by atoms with Crippen molar-refractivity contribution < 1.29 is 9.90 Å². The van der Waals surface area contributed by atoms with Crippen LogP contribution in [0.25, 0.3) is 0 Å². The second kappa shape index (κ2) is 4.42. The number of carbonyl (C=O) groups excluding carboxylic acids is 1. The minimum atomic E-state index is -0.296. The summed E-state index contributed by atoms with van der Waals surface area (Å²) < 4.78 is 0. The van der Waals surface area contributed by atoms with Gasteiger partial charge in [-0.15, -0.1) is 0 Å². The highest BCUT2D eigenvalue weighted by atomic mass is 16.3. The number of carbonyl (C=O) groups is 1. The maximum absolute atomic E-state index is 10.4. The highest BCUT2D eigenvalue weighted by Gasteiger charge is 2.23. The number of amides is 1. The van der Waals surface area contributed by atoms with Crippen LogP contribution in [0.2, 0.25) is 0 Å². The second-order valence-electron chi connectivity index (χ2n) is 3.28. The average Bonchev–Trinajstić information content (AvgIpc) is 2.36. The Morgan fingerprint density at radius 3 is 2.83 bits per heavy atom. The summed E-state index contributed by atoms with van der Waals surface area (Å²) in [5, 5.41) is 12.5. The first-order chi connectivity index (χ1) is 5.70. The van der Waals surface area contributed by atoms with Crippen LogP contribution in [0.1, 0.15) is 25.7 Å². The largest absolute Gasteiger partial charge is 0.392 e. The lowest BCUT2D eigenvalue weighted by atomic mass is 10.2. The molecule has 12 heavy (non-hydrogen) atoms. The van der Waals surface area contributed by atoms with E-state index in [0.717, 1.165) is 19.3 Å². The fourth-order valence-electron chi connectivity index (χ4n) is 1.56. The van der Waals surface area contributed by atoms with Gasteiger partial charge in [0.2, 0.25) is 5.91 Å². The first-order valence-electron chi connectivity index (χ1n) is 4.40. The van der Waals surface area contributed by atoms with Crippen LogP contribution in [0.3, 0.4) is 0 Å². The number of hydrogen-bond acceptors (Lipinski definition) is 3. The van der Waals surface area contributed by atoms with Gasteiger partial charge in [-0.3, -0.25) is 4.79 Å². The minimum absolute atomic E-state index is 0.171. The van der Waals surface area contributed by atoms with Crippen molar-refractivity contribution in [1.82, 2.24) is 5.32 Å². The predicted molar refractivity (Wildman–Crippen MR) is 45.5 cm³/mol. The maximum atomic E-state index is 10.4. The maximum Gasteiger partial charge on any atom is 0.218 e.